The Morgan fingerprint density at radius 3 is 2.43 bits per heavy atom. The minimum Gasteiger partial charge on any atom is -0.380 e. The van der Waals surface area contributed by atoms with Crippen LogP contribution in [0.1, 0.15) is 45.7 Å². The Labute approximate surface area is 168 Å². The molecule has 0 spiro atoms. The Hall–Kier alpha value is -2.57. The zero-order valence-electron chi connectivity index (χ0n) is 16.6. The number of fused-ring (bicyclic) bond motifs is 1. The third-order valence-corrected chi connectivity index (χ3v) is 5.54. The van der Waals surface area contributed by atoms with Crippen LogP contribution in [-0.4, -0.2) is 29.5 Å². The SMILES string of the molecule is CCOCCn1c(=NC(=O)c2ccc(C(C)=O)cc2)sc2cc(C)cc(C)c21. The van der Waals surface area contributed by atoms with Crippen LogP contribution in [0.15, 0.2) is 41.4 Å². The molecule has 146 valence electrons. The summed E-state index contributed by atoms with van der Waals surface area (Å²) in [6, 6.07) is 10.9. The van der Waals surface area contributed by atoms with Gasteiger partial charge in [0.15, 0.2) is 10.6 Å². The molecule has 0 unspecified atom stereocenters. The number of hydrogen-bond donors (Lipinski definition) is 0. The standard InChI is InChI=1S/C22H24N2O3S/c1-5-27-11-10-24-20-15(3)12-14(2)13-19(20)28-22(24)23-21(26)18-8-6-17(7-9-18)16(4)25/h6-9,12-13H,5,10-11H2,1-4H3. The highest BCUT2D eigenvalue weighted by molar-refractivity contribution is 7.16. The maximum absolute atomic E-state index is 12.7. The van der Waals surface area contributed by atoms with Crippen molar-refractivity contribution in [3.05, 3.63) is 63.5 Å². The number of ether oxygens (including phenoxy) is 1. The van der Waals surface area contributed by atoms with Crippen LogP contribution in [0.3, 0.4) is 0 Å². The first-order valence-electron chi connectivity index (χ1n) is 9.29. The molecule has 0 N–H and O–H groups in total. The average Bonchev–Trinajstić information content (AvgIpc) is 2.99. The molecule has 1 heterocycles. The molecule has 0 aliphatic rings. The highest BCUT2D eigenvalue weighted by atomic mass is 32.1. The van der Waals surface area contributed by atoms with E-state index < -0.39 is 0 Å². The van der Waals surface area contributed by atoms with Crippen molar-refractivity contribution in [3.8, 4) is 0 Å². The Kier molecular flexibility index (Phi) is 6.21. The minimum atomic E-state index is -0.318. The van der Waals surface area contributed by atoms with Crippen LogP contribution in [0.5, 0.6) is 0 Å². The molecule has 2 aromatic carbocycles. The van der Waals surface area contributed by atoms with Gasteiger partial charge >= 0.3 is 0 Å². The van der Waals surface area contributed by atoms with Crippen LogP contribution in [-0.2, 0) is 11.3 Å². The Balaban J connectivity index is 2.06. The van der Waals surface area contributed by atoms with Gasteiger partial charge in [-0.1, -0.05) is 29.5 Å². The largest absolute Gasteiger partial charge is 0.380 e. The molecule has 0 saturated heterocycles. The normalized spacial score (nSPS) is 11.9. The first-order chi connectivity index (χ1) is 13.4. The van der Waals surface area contributed by atoms with Crippen molar-refractivity contribution in [2.24, 2.45) is 4.99 Å². The van der Waals surface area contributed by atoms with Gasteiger partial charge in [0, 0.05) is 24.3 Å². The molecular formula is C22H24N2O3S. The first-order valence-corrected chi connectivity index (χ1v) is 10.1. The number of benzene rings is 2. The fourth-order valence-corrected chi connectivity index (χ4v) is 4.41. The fourth-order valence-electron chi connectivity index (χ4n) is 3.18. The van der Waals surface area contributed by atoms with Gasteiger partial charge in [-0.05, 0) is 57.0 Å². The average molecular weight is 397 g/mol. The van der Waals surface area contributed by atoms with Gasteiger partial charge in [0.25, 0.3) is 5.91 Å². The summed E-state index contributed by atoms with van der Waals surface area (Å²) in [6.45, 7) is 9.45. The molecule has 28 heavy (non-hydrogen) atoms. The number of thiazole rings is 1. The zero-order valence-corrected chi connectivity index (χ0v) is 17.4. The highest BCUT2D eigenvalue weighted by Gasteiger charge is 2.12. The number of ketones is 1. The predicted molar refractivity (Wildman–Crippen MR) is 112 cm³/mol. The van der Waals surface area contributed by atoms with E-state index in [2.05, 4.69) is 35.5 Å². The number of nitrogens with zero attached hydrogens (tertiary/aromatic N) is 2. The number of aryl methyl sites for hydroxylation is 2. The van der Waals surface area contributed by atoms with Crippen molar-refractivity contribution in [3.63, 3.8) is 0 Å². The Morgan fingerprint density at radius 1 is 1.11 bits per heavy atom. The molecular weight excluding hydrogens is 372 g/mol. The maximum Gasteiger partial charge on any atom is 0.279 e. The highest BCUT2D eigenvalue weighted by Crippen LogP contribution is 2.23. The molecule has 3 rings (SSSR count). The van der Waals surface area contributed by atoms with Crippen molar-refractivity contribution in [1.29, 1.82) is 0 Å². The van der Waals surface area contributed by atoms with E-state index in [9.17, 15) is 9.59 Å². The summed E-state index contributed by atoms with van der Waals surface area (Å²) >= 11 is 1.51. The zero-order chi connectivity index (χ0) is 20.3. The third kappa shape index (κ3) is 4.29. The fraction of sp³-hybridized carbons (Fsp3) is 0.318. The van der Waals surface area contributed by atoms with Crippen molar-refractivity contribution < 1.29 is 14.3 Å². The summed E-state index contributed by atoms with van der Waals surface area (Å²) in [7, 11) is 0. The van der Waals surface area contributed by atoms with Crippen molar-refractivity contribution in [1.82, 2.24) is 4.57 Å². The molecule has 0 aliphatic carbocycles. The number of carbonyl (C=O) groups is 2. The molecule has 6 heteroatoms. The van der Waals surface area contributed by atoms with E-state index in [1.165, 1.54) is 23.8 Å². The van der Waals surface area contributed by atoms with E-state index in [0.29, 0.717) is 35.7 Å². The molecule has 0 bridgehead atoms. The van der Waals surface area contributed by atoms with Crippen LogP contribution in [0.2, 0.25) is 0 Å². The quantitative estimate of drug-likeness (QED) is 0.461. The summed E-state index contributed by atoms with van der Waals surface area (Å²) in [6.07, 6.45) is 0. The smallest absolute Gasteiger partial charge is 0.279 e. The number of rotatable bonds is 6. The van der Waals surface area contributed by atoms with Crippen LogP contribution < -0.4 is 4.80 Å². The van der Waals surface area contributed by atoms with E-state index in [4.69, 9.17) is 4.74 Å². The topological polar surface area (TPSA) is 60.7 Å². The number of Topliss-reactive ketones (excluding diaryl/α,β-unsaturated/α-hetero) is 1. The monoisotopic (exact) mass is 396 g/mol. The third-order valence-electron chi connectivity index (χ3n) is 4.51. The predicted octanol–water partition coefficient (Wildman–Crippen LogP) is 4.30. The molecule has 0 radical (unpaired) electrons. The number of carbonyl (C=O) groups excluding carboxylic acids is 2. The van der Waals surface area contributed by atoms with Gasteiger partial charge in [-0.15, -0.1) is 0 Å². The molecule has 3 aromatic rings. The van der Waals surface area contributed by atoms with Gasteiger partial charge in [0.2, 0.25) is 0 Å². The maximum atomic E-state index is 12.7. The van der Waals surface area contributed by atoms with E-state index in [1.807, 2.05) is 6.92 Å². The van der Waals surface area contributed by atoms with Gasteiger partial charge in [-0.2, -0.15) is 4.99 Å². The van der Waals surface area contributed by atoms with Gasteiger partial charge in [0.05, 0.1) is 16.8 Å². The van der Waals surface area contributed by atoms with Crippen molar-refractivity contribution >= 4 is 33.2 Å². The second-order valence-electron chi connectivity index (χ2n) is 6.71. The number of hydrogen-bond acceptors (Lipinski definition) is 4. The van der Waals surface area contributed by atoms with Gasteiger partial charge in [-0.25, -0.2) is 0 Å². The molecule has 1 amide bonds. The van der Waals surface area contributed by atoms with Crippen LogP contribution >= 0.6 is 11.3 Å². The second-order valence-corrected chi connectivity index (χ2v) is 7.72. The lowest BCUT2D eigenvalue weighted by atomic mass is 10.1. The summed E-state index contributed by atoms with van der Waals surface area (Å²) in [5.74, 6) is -0.346. The lowest BCUT2D eigenvalue weighted by Crippen LogP contribution is -2.20. The molecule has 0 saturated carbocycles. The van der Waals surface area contributed by atoms with Gasteiger partial charge in [0.1, 0.15) is 0 Å². The van der Waals surface area contributed by atoms with Gasteiger partial charge < -0.3 is 9.30 Å². The molecule has 5 nitrogen and oxygen atoms in total. The lowest BCUT2D eigenvalue weighted by molar-refractivity contribution is 0.0990. The Morgan fingerprint density at radius 2 is 1.79 bits per heavy atom. The second kappa shape index (κ2) is 8.63. The molecule has 1 aromatic heterocycles. The van der Waals surface area contributed by atoms with Gasteiger partial charge in [-0.3, -0.25) is 9.59 Å². The van der Waals surface area contributed by atoms with E-state index in [1.54, 1.807) is 24.3 Å². The Bertz CT molecular complexity index is 1090. The lowest BCUT2D eigenvalue weighted by Gasteiger charge is -2.08. The summed E-state index contributed by atoms with van der Waals surface area (Å²) in [4.78, 5) is 29.2. The first kappa shape index (κ1) is 20.2. The summed E-state index contributed by atoms with van der Waals surface area (Å²) < 4.78 is 8.69. The van der Waals surface area contributed by atoms with Crippen LogP contribution in [0, 0.1) is 13.8 Å². The number of aromatic nitrogens is 1. The van der Waals surface area contributed by atoms with Crippen molar-refractivity contribution in [2.45, 2.75) is 34.2 Å². The van der Waals surface area contributed by atoms with Crippen LogP contribution in [0.25, 0.3) is 10.2 Å². The van der Waals surface area contributed by atoms with E-state index >= 15 is 0 Å². The molecule has 0 aliphatic heterocycles. The summed E-state index contributed by atoms with van der Waals surface area (Å²) in [5, 5.41) is 0. The van der Waals surface area contributed by atoms with E-state index in [0.717, 1.165) is 15.8 Å². The summed E-state index contributed by atoms with van der Waals surface area (Å²) in [5.41, 5.74) is 4.47. The minimum absolute atomic E-state index is 0.0277. The van der Waals surface area contributed by atoms with E-state index in [-0.39, 0.29) is 11.7 Å². The molecule has 0 atom stereocenters. The number of amides is 1. The van der Waals surface area contributed by atoms with Crippen LogP contribution in [0.4, 0.5) is 0 Å². The molecule has 0 fully saturated rings. The van der Waals surface area contributed by atoms with Crippen molar-refractivity contribution in [2.75, 3.05) is 13.2 Å².